The molecule has 33 heavy (non-hydrogen) atoms. The lowest BCUT2D eigenvalue weighted by Gasteiger charge is -2.28. The largest absolute Gasteiger partial charge is 0.478 e. The van der Waals surface area contributed by atoms with Crippen molar-refractivity contribution in [3.63, 3.8) is 0 Å². The summed E-state index contributed by atoms with van der Waals surface area (Å²) in [5, 5.41) is 21.4. The van der Waals surface area contributed by atoms with Crippen molar-refractivity contribution in [2.45, 2.75) is 12.6 Å². The number of carboxylic acids is 1. The third-order valence-electron chi connectivity index (χ3n) is 5.74. The highest BCUT2D eigenvalue weighted by Crippen LogP contribution is 2.28. The Labute approximate surface area is 191 Å². The summed E-state index contributed by atoms with van der Waals surface area (Å²) in [6, 6.07) is 21.5. The third kappa shape index (κ3) is 5.57. The van der Waals surface area contributed by atoms with Crippen molar-refractivity contribution in [1.29, 1.82) is 0 Å². The van der Waals surface area contributed by atoms with Crippen LogP contribution in [0.4, 0.5) is 4.39 Å². The van der Waals surface area contributed by atoms with Crippen LogP contribution >= 0.6 is 0 Å². The molecule has 0 aliphatic carbocycles. The van der Waals surface area contributed by atoms with E-state index in [2.05, 4.69) is 58.0 Å². The maximum Gasteiger partial charge on any atom is 0.335 e. The van der Waals surface area contributed by atoms with Crippen LogP contribution in [0.3, 0.4) is 0 Å². The summed E-state index contributed by atoms with van der Waals surface area (Å²) in [4.78, 5) is 12.5. The molecule has 1 unspecified atom stereocenters. The predicted molar refractivity (Wildman–Crippen MR) is 126 cm³/mol. The van der Waals surface area contributed by atoms with Gasteiger partial charge in [0.2, 0.25) is 0 Å². The summed E-state index contributed by atoms with van der Waals surface area (Å²) in [6.07, 6.45) is -0.382. The summed E-state index contributed by atoms with van der Waals surface area (Å²) in [5.41, 5.74) is 2.48. The molecule has 3 aromatic carbocycles. The number of halogens is 1. The molecule has 0 spiro atoms. The molecule has 1 aliphatic heterocycles. The van der Waals surface area contributed by atoms with E-state index in [1.165, 1.54) is 33.9 Å². The van der Waals surface area contributed by atoms with Crippen molar-refractivity contribution in [3.8, 4) is 0 Å². The normalized spacial score (nSPS) is 15.2. The highest BCUT2D eigenvalue weighted by atomic mass is 19.1. The number of rotatable bonds is 5. The van der Waals surface area contributed by atoms with Gasteiger partial charge in [-0.25, -0.2) is 9.18 Å². The number of hydrogen-bond donors (Lipinski definition) is 2. The van der Waals surface area contributed by atoms with Crippen molar-refractivity contribution < 1.29 is 24.1 Å². The molecule has 4 aromatic rings. The van der Waals surface area contributed by atoms with Crippen molar-refractivity contribution in [3.05, 3.63) is 84.2 Å². The van der Waals surface area contributed by atoms with E-state index in [1.54, 1.807) is 0 Å². The molecule has 7 heteroatoms. The lowest BCUT2D eigenvalue weighted by atomic mass is 10.2. The van der Waals surface area contributed by atoms with Gasteiger partial charge >= 0.3 is 5.97 Å². The first kappa shape index (κ1) is 22.9. The number of fused-ring (bicyclic) bond motifs is 3. The Balaban J connectivity index is 0.000000219. The van der Waals surface area contributed by atoms with Crippen LogP contribution in [0.1, 0.15) is 10.4 Å². The van der Waals surface area contributed by atoms with E-state index in [4.69, 9.17) is 9.84 Å². The number of aliphatic hydroxyl groups is 1. The smallest absolute Gasteiger partial charge is 0.335 e. The second-order valence-corrected chi connectivity index (χ2v) is 8.02. The minimum absolute atomic E-state index is 0.0985. The Morgan fingerprint density at radius 3 is 1.97 bits per heavy atom. The number of aromatic carboxylic acids is 1. The summed E-state index contributed by atoms with van der Waals surface area (Å²) >= 11 is 0. The molecule has 2 heterocycles. The molecule has 0 radical (unpaired) electrons. The molecule has 0 bridgehead atoms. The van der Waals surface area contributed by atoms with E-state index in [0.29, 0.717) is 13.1 Å². The fourth-order valence-electron chi connectivity index (χ4n) is 4.14. The van der Waals surface area contributed by atoms with Crippen LogP contribution in [0.2, 0.25) is 0 Å². The summed E-state index contributed by atoms with van der Waals surface area (Å²) in [6.45, 7) is 4.66. The Bertz CT molecular complexity index is 1160. The minimum Gasteiger partial charge on any atom is -0.478 e. The maximum absolute atomic E-state index is 12.2. The zero-order valence-corrected chi connectivity index (χ0v) is 18.2. The van der Waals surface area contributed by atoms with E-state index in [0.717, 1.165) is 38.4 Å². The SMILES string of the molecule is O=C(O)c1ccc(F)cc1.OC(CN1CCOCC1)Cn1c2ccccc2c2ccccc21. The van der Waals surface area contributed by atoms with Gasteiger partial charge in [-0.05, 0) is 36.4 Å². The molecule has 1 atom stereocenters. The van der Waals surface area contributed by atoms with Crippen molar-refractivity contribution in [1.82, 2.24) is 9.47 Å². The average molecular weight is 451 g/mol. The van der Waals surface area contributed by atoms with Crippen LogP contribution < -0.4 is 0 Å². The molecule has 1 aromatic heterocycles. The van der Waals surface area contributed by atoms with Crippen LogP contribution in [-0.4, -0.2) is 64.6 Å². The summed E-state index contributed by atoms with van der Waals surface area (Å²) in [7, 11) is 0. The van der Waals surface area contributed by atoms with Crippen LogP contribution in [0.25, 0.3) is 21.8 Å². The van der Waals surface area contributed by atoms with Gasteiger partial charge in [0.05, 0.1) is 31.4 Å². The quantitative estimate of drug-likeness (QED) is 0.481. The second-order valence-electron chi connectivity index (χ2n) is 8.02. The minimum atomic E-state index is -1.04. The molecule has 5 rings (SSSR count). The van der Waals surface area contributed by atoms with Gasteiger partial charge in [-0.1, -0.05) is 36.4 Å². The summed E-state index contributed by atoms with van der Waals surface area (Å²) < 4.78 is 19.8. The molecule has 2 N–H and O–H groups in total. The van der Waals surface area contributed by atoms with Crippen LogP contribution in [0, 0.1) is 5.82 Å². The van der Waals surface area contributed by atoms with E-state index in [1.807, 2.05) is 0 Å². The first-order chi connectivity index (χ1) is 16.0. The second kappa shape index (κ2) is 10.6. The standard InChI is InChI=1S/C19H22N2O2.C7H5FO2/c22-15(13-20-9-11-23-12-10-20)14-21-18-7-3-1-5-16(18)17-6-2-4-8-19(17)21;8-6-3-1-5(2-4-6)7(9)10/h1-8,15,22H,9-14H2;1-4H,(H,9,10). The highest BCUT2D eigenvalue weighted by Gasteiger charge is 2.17. The lowest BCUT2D eigenvalue weighted by Crippen LogP contribution is -2.42. The molecule has 1 fully saturated rings. The molecule has 172 valence electrons. The number of aromatic nitrogens is 1. The Morgan fingerprint density at radius 2 is 1.42 bits per heavy atom. The van der Waals surface area contributed by atoms with Crippen molar-refractivity contribution in [2.24, 2.45) is 0 Å². The topological polar surface area (TPSA) is 74.9 Å². The zero-order chi connectivity index (χ0) is 23.2. The first-order valence-corrected chi connectivity index (χ1v) is 11.0. The van der Waals surface area contributed by atoms with E-state index in [9.17, 15) is 14.3 Å². The number of aliphatic hydroxyl groups excluding tert-OH is 1. The van der Waals surface area contributed by atoms with Crippen molar-refractivity contribution in [2.75, 3.05) is 32.8 Å². The maximum atomic E-state index is 12.2. The van der Waals surface area contributed by atoms with Gasteiger partial charge in [-0.2, -0.15) is 0 Å². The predicted octanol–water partition coefficient (Wildman–Crippen LogP) is 4.01. The van der Waals surface area contributed by atoms with E-state index < -0.39 is 11.8 Å². The van der Waals surface area contributed by atoms with Gasteiger partial charge < -0.3 is 19.5 Å². The molecule has 6 nitrogen and oxygen atoms in total. The Morgan fingerprint density at radius 1 is 0.879 bits per heavy atom. The number of ether oxygens (including phenoxy) is 1. The van der Waals surface area contributed by atoms with E-state index >= 15 is 0 Å². The van der Waals surface area contributed by atoms with Gasteiger partial charge in [0.1, 0.15) is 5.82 Å². The fraction of sp³-hybridized carbons (Fsp3) is 0.269. The van der Waals surface area contributed by atoms with Gasteiger partial charge in [0.15, 0.2) is 0 Å². The Hall–Kier alpha value is -3.26. The van der Waals surface area contributed by atoms with Crippen LogP contribution in [-0.2, 0) is 11.3 Å². The number of carbonyl (C=O) groups is 1. The number of morpholine rings is 1. The third-order valence-corrected chi connectivity index (χ3v) is 5.74. The molecule has 1 aliphatic rings. The molecule has 1 saturated heterocycles. The highest BCUT2D eigenvalue weighted by molar-refractivity contribution is 6.07. The lowest BCUT2D eigenvalue weighted by molar-refractivity contribution is 0.0119. The number of carboxylic acid groups (broad SMARTS) is 1. The number of hydrogen-bond acceptors (Lipinski definition) is 4. The number of nitrogens with zero attached hydrogens (tertiary/aromatic N) is 2. The summed E-state index contributed by atoms with van der Waals surface area (Å²) in [5.74, 6) is -1.47. The molecular weight excluding hydrogens is 423 g/mol. The van der Waals surface area contributed by atoms with Gasteiger partial charge in [0.25, 0.3) is 0 Å². The fourth-order valence-corrected chi connectivity index (χ4v) is 4.14. The monoisotopic (exact) mass is 450 g/mol. The number of para-hydroxylation sites is 2. The molecular formula is C26H27FN2O4. The van der Waals surface area contributed by atoms with Gasteiger partial charge in [-0.15, -0.1) is 0 Å². The van der Waals surface area contributed by atoms with Gasteiger partial charge in [0, 0.05) is 41.4 Å². The van der Waals surface area contributed by atoms with E-state index in [-0.39, 0.29) is 11.7 Å². The van der Waals surface area contributed by atoms with Crippen LogP contribution in [0.15, 0.2) is 72.8 Å². The van der Waals surface area contributed by atoms with Gasteiger partial charge in [-0.3, -0.25) is 4.90 Å². The average Bonchev–Trinajstić information content (AvgIpc) is 3.14. The number of β-amino-alcohol motifs (C(OH)–C–C–N with tert-alkyl or cyclic N) is 1. The van der Waals surface area contributed by atoms with Crippen molar-refractivity contribution >= 4 is 27.8 Å². The zero-order valence-electron chi connectivity index (χ0n) is 18.2. The van der Waals surface area contributed by atoms with Crippen LogP contribution in [0.5, 0.6) is 0 Å². The molecule has 0 amide bonds. The molecule has 0 saturated carbocycles. The first-order valence-electron chi connectivity index (χ1n) is 11.0. The Kier molecular flexibility index (Phi) is 7.34. The number of benzene rings is 3.